The zero-order valence-electron chi connectivity index (χ0n) is 11.4. The van der Waals surface area contributed by atoms with Crippen molar-refractivity contribution < 1.29 is 0 Å². The molecule has 0 radical (unpaired) electrons. The minimum absolute atomic E-state index is 0.587. The van der Waals surface area contributed by atoms with Crippen molar-refractivity contribution in [3.8, 4) is 0 Å². The summed E-state index contributed by atoms with van der Waals surface area (Å²) in [6.07, 6.45) is 12.4. The second-order valence-corrected chi connectivity index (χ2v) is 5.39. The van der Waals surface area contributed by atoms with Gasteiger partial charge in [0.05, 0.1) is 6.33 Å². The molecule has 1 aromatic rings. The van der Waals surface area contributed by atoms with Crippen LogP contribution in [0.4, 0.5) is 0 Å². The molecule has 0 bridgehead atoms. The van der Waals surface area contributed by atoms with E-state index < -0.39 is 0 Å². The molecule has 0 aromatic carbocycles. The van der Waals surface area contributed by atoms with Gasteiger partial charge < -0.3 is 15.2 Å². The molecule has 4 heteroatoms. The van der Waals surface area contributed by atoms with Gasteiger partial charge in [0.15, 0.2) is 0 Å². The van der Waals surface area contributed by atoms with E-state index in [2.05, 4.69) is 27.1 Å². The number of imidazole rings is 1. The van der Waals surface area contributed by atoms with Gasteiger partial charge in [-0.1, -0.05) is 12.8 Å². The Balaban J connectivity index is 1.60. The van der Waals surface area contributed by atoms with Crippen LogP contribution in [0.25, 0.3) is 0 Å². The molecule has 1 aliphatic rings. The number of nitrogens with zero attached hydrogens (tertiary/aromatic N) is 2. The monoisotopic (exact) mass is 250 g/mol. The van der Waals surface area contributed by atoms with Gasteiger partial charge in [0, 0.05) is 37.6 Å². The van der Waals surface area contributed by atoms with Crippen molar-refractivity contribution in [1.29, 1.82) is 0 Å². The number of rotatable bonds is 6. The van der Waals surface area contributed by atoms with Crippen LogP contribution < -0.4 is 10.6 Å². The molecule has 1 aliphatic heterocycles. The van der Waals surface area contributed by atoms with E-state index in [0.717, 1.165) is 13.1 Å². The number of hydrogen-bond acceptors (Lipinski definition) is 3. The maximum Gasteiger partial charge on any atom is 0.0946 e. The highest BCUT2D eigenvalue weighted by molar-refractivity contribution is 4.77. The molecular weight excluding hydrogens is 224 g/mol. The van der Waals surface area contributed by atoms with Crippen LogP contribution in [0.15, 0.2) is 18.7 Å². The first-order valence-corrected chi connectivity index (χ1v) is 7.27. The lowest BCUT2D eigenvalue weighted by molar-refractivity contribution is 0.398. The Kier molecular flexibility index (Phi) is 5.68. The van der Waals surface area contributed by atoms with Crippen molar-refractivity contribution >= 4 is 0 Å². The van der Waals surface area contributed by atoms with Crippen LogP contribution in [0.5, 0.6) is 0 Å². The molecule has 2 atom stereocenters. The molecule has 0 saturated carbocycles. The Morgan fingerprint density at radius 3 is 3.22 bits per heavy atom. The number of aromatic nitrogens is 2. The third-order valence-electron chi connectivity index (χ3n) is 3.72. The summed E-state index contributed by atoms with van der Waals surface area (Å²) in [4.78, 5) is 4.05. The fourth-order valence-electron chi connectivity index (χ4n) is 2.67. The first kappa shape index (κ1) is 13.6. The predicted molar refractivity (Wildman–Crippen MR) is 74.6 cm³/mol. The van der Waals surface area contributed by atoms with E-state index in [1.165, 1.54) is 38.6 Å². The number of nitrogens with one attached hydrogen (secondary N) is 2. The predicted octanol–water partition coefficient (Wildman–Crippen LogP) is 1.78. The van der Waals surface area contributed by atoms with E-state index in [4.69, 9.17) is 0 Å². The Bertz CT molecular complexity index is 302. The van der Waals surface area contributed by atoms with Crippen LogP contribution in [-0.4, -0.2) is 34.7 Å². The summed E-state index contributed by atoms with van der Waals surface area (Å²) in [5.41, 5.74) is 0. The maximum absolute atomic E-state index is 4.05. The van der Waals surface area contributed by atoms with Gasteiger partial charge in [-0.3, -0.25) is 0 Å². The molecule has 1 aromatic heterocycles. The highest BCUT2D eigenvalue weighted by Crippen LogP contribution is 2.12. The lowest BCUT2D eigenvalue weighted by atomic mass is 10.0. The van der Waals surface area contributed by atoms with Crippen molar-refractivity contribution in [1.82, 2.24) is 20.2 Å². The van der Waals surface area contributed by atoms with E-state index in [1.807, 2.05) is 18.7 Å². The molecule has 1 saturated heterocycles. The van der Waals surface area contributed by atoms with Gasteiger partial charge in [-0.2, -0.15) is 0 Å². The first-order chi connectivity index (χ1) is 8.84. The molecule has 4 nitrogen and oxygen atoms in total. The minimum atomic E-state index is 0.587. The lowest BCUT2D eigenvalue weighted by Crippen LogP contribution is -2.37. The molecule has 18 heavy (non-hydrogen) atoms. The van der Waals surface area contributed by atoms with Gasteiger partial charge in [-0.15, -0.1) is 0 Å². The molecule has 2 rings (SSSR count). The molecule has 2 heterocycles. The summed E-state index contributed by atoms with van der Waals surface area (Å²) >= 11 is 0. The van der Waals surface area contributed by atoms with Crippen molar-refractivity contribution in [3.05, 3.63) is 18.7 Å². The molecule has 2 N–H and O–H groups in total. The molecular formula is C14H26N4. The largest absolute Gasteiger partial charge is 0.336 e. The van der Waals surface area contributed by atoms with Crippen LogP contribution in [0, 0.1) is 0 Å². The molecule has 0 amide bonds. The highest BCUT2D eigenvalue weighted by Gasteiger charge is 2.14. The van der Waals surface area contributed by atoms with Crippen molar-refractivity contribution in [3.63, 3.8) is 0 Å². The van der Waals surface area contributed by atoms with Gasteiger partial charge in [-0.05, 0) is 32.7 Å². The van der Waals surface area contributed by atoms with E-state index in [9.17, 15) is 0 Å². The standard InChI is InChI=1S/C14H26N4/c1-13(11-14-5-3-2-4-6-17-14)16-8-10-18-9-7-15-12-18/h7,9,12-14,16-17H,2-6,8,10-11H2,1H3. The van der Waals surface area contributed by atoms with Crippen molar-refractivity contribution in [2.24, 2.45) is 0 Å². The minimum Gasteiger partial charge on any atom is -0.336 e. The third-order valence-corrected chi connectivity index (χ3v) is 3.72. The van der Waals surface area contributed by atoms with E-state index in [-0.39, 0.29) is 0 Å². The SMILES string of the molecule is CC(CC1CCCCCN1)NCCn1ccnc1. The van der Waals surface area contributed by atoms with E-state index in [0.29, 0.717) is 12.1 Å². The smallest absolute Gasteiger partial charge is 0.0946 e. The zero-order chi connectivity index (χ0) is 12.6. The molecule has 0 spiro atoms. The number of hydrogen-bond donors (Lipinski definition) is 2. The fourth-order valence-corrected chi connectivity index (χ4v) is 2.67. The Labute approximate surface area is 110 Å². The van der Waals surface area contributed by atoms with Crippen LogP contribution in [-0.2, 0) is 6.54 Å². The Morgan fingerprint density at radius 2 is 2.39 bits per heavy atom. The van der Waals surface area contributed by atoms with Gasteiger partial charge in [0.1, 0.15) is 0 Å². The summed E-state index contributed by atoms with van der Waals surface area (Å²) in [6, 6.07) is 1.30. The zero-order valence-corrected chi connectivity index (χ0v) is 11.4. The summed E-state index contributed by atoms with van der Waals surface area (Å²) in [6.45, 7) is 5.51. The average Bonchev–Trinajstić information content (AvgIpc) is 2.74. The normalized spacial score (nSPS) is 22.6. The fraction of sp³-hybridized carbons (Fsp3) is 0.786. The summed E-state index contributed by atoms with van der Waals surface area (Å²) in [5, 5.41) is 7.26. The topological polar surface area (TPSA) is 41.9 Å². The molecule has 1 fully saturated rings. The quantitative estimate of drug-likeness (QED) is 0.809. The van der Waals surface area contributed by atoms with Gasteiger partial charge in [0.25, 0.3) is 0 Å². The third kappa shape index (κ3) is 4.78. The maximum atomic E-state index is 4.05. The van der Waals surface area contributed by atoms with Crippen molar-refractivity contribution in [2.45, 2.75) is 57.7 Å². The summed E-state index contributed by atoms with van der Waals surface area (Å²) in [5.74, 6) is 0. The van der Waals surface area contributed by atoms with Crippen LogP contribution in [0.3, 0.4) is 0 Å². The second-order valence-electron chi connectivity index (χ2n) is 5.39. The van der Waals surface area contributed by atoms with Gasteiger partial charge in [-0.25, -0.2) is 4.98 Å². The second kappa shape index (κ2) is 7.54. The van der Waals surface area contributed by atoms with Gasteiger partial charge >= 0.3 is 0 Å². The highest BCUT2D eigenvalue weighted by atomic mass is 15.0. The first-order valence-electron chi connectivity index (χ1n) is 7.27. The Morgan fingerprint density at radius 1 is 1.44 bits per heavy atom. The van der Waals surface area contributed by atoms with Crippen LogP contribution in [0.1, 0.15) is 39.0 Å². The average molecular weight is 250 g/mol. The van der Waals surface area contributed by atoms with E-state index in [1.54, 1.807) is 0 Å². The molecule has 102 valence electrons. The van der Waals surface area contributed by atoms with Crippen LogP contribution >= 0.6 is 0 Å². The van der Waals surface area contributed by atoms with E-state index >= 15 is 0 Å². The van der Waals surface area contributed by atoms with Gasteiger partial charge in [0.2, 0.25) is 0 Å². The Hall–Kier alpha value is -0.870. The van der Waals surface area contributed by atoms with Crippen LogP contribution in [0.2, 0.25) is 0 Å². The molecule has 2 unspecified atom stereocenters. The summed E-state index contributed by atoms with van der Waals surface area (Å²) < 4.78 is 2.11. The van der Waals surface area contributed by atoms with Crippen molar-refractivity contribution in [2.75, 3.05) is 13.1 Å². The summed E-state index contributed by atoms with van der Waals surface area (Å²) in [7, 11) is 0. The lowest BCUT2D eigenvalue weighted by Gasteiger charge is -2.21. The molecule has 0 aliphatic carbocycles.